The maximum Gasteiger partial charge on any atom is 0.419 e. The third-order valence-corrected chi connectivity index (χ3v) is 4.82. The van der Waals surface area contributed by atoms with Crippen molar-refractivity contribution in [3.63, 3.8) is 0 Å². The number of para-hydroxylation sites is 3. The Bertz CT molecular complexity index is 1070. The summed E-state index contributed by atoms with van der Waals surface area (Å²) in [5, 5.41) is 2.86. The van der Waals surface area contributed by atoms with Crippen LogP contribution in [0.3, 0.4) is 0 Å². The Morgan fingerprint density at radius 3 is 2.62 bits per heavy atom. The van der Waals surface area contributed by atoms with Crippen LogP contribution >= 0.6 is 0 Å². The van der Waals surface area contributed by atoms with Crippen LogP contribution in [0.15, 0.2) is 57.7 Å². The van der Waals surface area contributed by atoms with Crippen LogP contribution in [0, 0.1) is 0 Å². The standard InChI is InChI=1S/C22H25N3O4/c1-3-16-9-4-5-10-17(16)23-20(26)15-24(2)21(27)13-8-14-25-18-11-6-7-12-19(18)29-22(25)28/h4-7,9-12H,3,8,13-15H2,1-2H3,(H,23,26). The van der Waals surface area contributed by atoms with Crippen LogP contribution in [0.2, 0.25) is 0 Å². The number of amides is 2. The first-order valence-corrected chi connectivity index (χ1v) is 9.69. The number of hydrogen-bond donors (Lipinski definition) is 1. The summed E-state index contributed by atoms with van der Waals surface area (Å²) in [4.78, 5) is 38.0. The second-order valence-corrected chi connectivity index (χ2v) is 6.90. The van der Waals surface area contributed by atoms with Gasteiger partial charge in [-0.05, 0) is 36.6 Å². The molecule has 7 nitrogen and oxygen atoms in total. The molecule has 7 heteroatoms. The van der Waals surface area contributed by atoms with E-state index < -0.39 is 5.76 Å². The Morgan fingerprint density at radius 1 is 1.10 bits per heavy atom. The van der Waals surface area contributed by atoms with Crippen LogP contribution < -0.4 is 11.1 Å². The molecule has 1 aromatic heterocycles. The number of nitrogens with one attached hydrogen (secondary N) is 1. The van der Waals surface area contributed by atoms with Crippen LogP contribution in [0.1, 0.15) is 25.3 Å². The third-order valence-electron chi connectivity index (χ3n) is 4.82. The van der Waals surface area contributed by atoms with E-state index >= 15 is 0 Å². The molecule has 0 aliphatic heterocycles. The Kier molecular flexibility index (Phi) is 6.49. The fourth-order valence-corrected chi connectivity index (χ4v) is 3.25. The van der Waals surface area contributed by atoms with E-state index in [4.69, 9.17) is 4.42 Å². The zero-order valence-electron chi connectivity index (χ0n) is 16.7. The molecule has 1 heterocycles. The highest BCUT2D eigenvalue weighted by Gasteiger charge is 2.15. The number of carbonyl (C=O) groups is 2. The third kappa shape index (κ3) is 4.93. The molecule has 3 rings (SSSR count). The summed E-state index contributed by atoms with van der Waals surface area (Å²) in [5.74, 6) is -0.815. The number of anilines is 1. The second kappa shape index (κ2) is 9.23. The SMILES string of the molecule is CCc1ccccc1NC(=O)CN(C)C(=O)CCCn1c(=O)oc2ccccc21. The highest BCUT2D eigenvalue weighted by atomic mass is 16.4. The maximum absolute atomic E-state index is 12.4. The van der Waals surface area contributed by atoms with E-state index in [1.165, 1.54) is 9.47 Å². The van der Waals surface area contributed by atoms with E-state index in [1.807, 2.05) is 43.3 Å². The Morgan fingerprint density at radius 2 is 1.83 bits per heavy atom. The fraction of sp³-hybridized carbons (Fsp3) is 0.318. The van der Waals surface area contributed by atoms with E-state index in [1.54, 1.807) is 19.2 Å². The van der Waals surface area contributed by atoms with Crippen LogP contribution in [-0.2, 0) is 22.6 Å². The van der Waals surface area contributed by atoms with Crippen molar-refractivity contribution in [3.05, 3.63) is 64.6 Å². The number of fused-ring (bicyclic) bond motifs is 1. The van der Waals surface area contributed by atoms with Crippen molar-refractivity contribution in [1.82, 2.24) is 9.47 Å². The van der Waals surface area contributed by atoms with E-state index in [-0.39, 0.29) is 24.8 Å². The van der Waals surface area contributed by atoms with Gasteiger partial charge in [-0.2, -0.15) is 0 Å². The minimum Gasteiger partial charge on any atom is -0.408 e. The molecule has 0 aliphatic carbocycles. The van der Waals surface area contributed by atoms with E-state index in [0.717, 1.165) is 17.7 Å². The number of benzene rings is 2. The number of oxazole rings is 1. The minimum atomic E-state index is -0.430. The van der Waals surface area contributed by atoms with Crippen molar-refractivity contribution in [2.75, 3.05) is 18.9 Å². The molecule has 0 fully saturated rings. The molecule has 0 radical (unpaired) electrons. The molecule has 2 aromatic carbocycles. The van der Waals surface area contributed by atoms with Gasteiger partial charge >= 0.3 is 5.76 Å². The zero-order chi connectivity index (χ0) is 20.8. The number of likely N-dealkylation sites (N-methyl/N-ethyl adjacent to an activating group) is 1. The average molecular weight is 395 g/mol. The minimum absolute atomic E-state index is 0.0223. The molecular formula is C22H25N3O4. The van der Waals surface area contributed by atoms with Crippen molar-refractivity contribution >= 4 is 28.6 Å². The van der Waals surface area contributed by atoms with Crippen LogP contribution in [-0.4, -0.2) is 34.9 Å². The summed E-state index contributed by atoms with van der Waals surface area (Å²) < 4.78 is 6.72. The molecule has 0 saturated heterocycles. The highest BCUT2D eigenvalue weighted by molar-refractivity contribution is 5.95. The number of aryl methyl sites for hydroxylation is 2. The first-order valence-electron chi connectivity index (χ1n) is 9.69. The predicted molar refractivity (Wildman–Crippen MR) is 112 cm³/mol. The molecule has 3 aromatic rings. The molecule has 0 aliphatic rings. The number of hydrogen-bond acceptors (Lipinski definition) is 4. The van der Waals surface area contributed by atoms with Crippen LogP contribution in [0.25, 0.3) is 11.1 Å². The molecule has 0 atom stereocenters. The van der Waals surface area contributed by atoms with Crippen molar-refractivity contribution in [3.8, 4) is 0 Å². The van der Waals surface area contributed by atoms with Gasteiger partial charge in [0.2, 0.25) is 11.8 Å². The van der Waals surface area contributed by atoms with Crippen LogP contribution in [0.5, 0.6) is 0 Å². The molecule has 2 amide bonds. The quantitative estimate of drug-likeness (QED) is 0.635. The lowest BCUT2D eigenvalue weighted by Gasteiger charge is -2.17. The lowest BCUT2D eigenvalue weighted by Crippen LogP contribution is -2.35. The first-order chi connectivity index (χ1) is 14.0. The van der Waals surface area contributed by atoms with E-state index in [9.17, 15) is 14.4 Å². The molecule has 0 bridgehead atoms. The van der Waals surface area contributed by atoms with Gasteiger partial charge in [-0.3, -0.25) is 14.2 Å². The van der Waals surface area contributed by atoms with E-state index in [2.05, 4.69) is 5.32 Å². The topological polar surface area (TPSA) is 84.5 Å². The van der Waals surface area contributed by atoms with Gasteiger partial charge in [0.25, 0.3) is 0 Å². The number of rotatable bonds is 8. The number of nitrogens with zero attached hydrogens (tertiary/aromatic N) is 2. The van der Waals surface area contributed by atoms with Gasteiger partial charge in [0.1, 0.15) is 0 Å². The predicted octanol–water partition coefficient (Wildman–Crippen LogP) is 3.03. The summed E-state index contributed by atoms with van der Waals surface area (Å²) in [6, 6.07) is 14.8. The van der Waals surface area contributed by atoms with Gasteiger partial charge in [0.15, 0.2) is 5.58 Å². The van der Waals surface area contributed by atoms with E-state index in [0.29, 0.717) is 24.1 Å². The summed E-state index contributed by atoms with van der Waals surface area (Å²) in [6.07, 6.45) is 1.53. The monoisotopic (exact) mass is 395 g/mol. The molecule has 0 spiro atoms. The Balaban J connectivity index is 1.51. The molecular weight excluding hydrogens is 370 g/mol. The molecule has 1 N–H and O–H groups in total. The smallest absolute Gasteiger partial charge is 0.408 e. The summed E-state index contributed by atoms with van der Waals surface area (Å²) in [5.41, 5.74) is 3.07. The van der Waals surface area contributed by atoms with Gasteiger partial charge in [0.05, 0.1) is 12.1 Å². The summed E-state index contributed by atoms with van der Waals surface area (Å²) >= 11 is 0. The number of aromatic nitrogens is 1. The number of carbonyl (C=O) groups excluding carboxylic acids is 2. The largest absolute Gasteiger partial charge is 0.419 e. The van der Waals surface area contributed by atoms with Gasteiger partial charge in [0, 0.05) is 25.7 Å². The van der Waals surface area contributed by atoms with Crippen molar-refractivity contribution in [2.24, 2.45) is 0 Å². The molecule has 0 unspecified atom stereocenters. The second-order valence-electron chi connectivity index (χ2n) is 6.90. The van der Waals surface area contributed by atoms with Crippen molar-refractivity contribution < 1.29 is 14.0 Å². The van der Waals surface area contributed by atoms with Gasteiger partial charge in [-0.15, -0.1) is 0 Å². The van der Waals surface area contributed by atoms with Gasteiger partial charge in [-0.1, -0.05) is 37.3 Å². The maximum atomic E-state index is 12.4. The molecule has 29 heavy (non-hydrogen) atoms. The van der Waals surface area contributed by atoms with Crippen molar-refractivity contribution in [2.45, 2.75) is 32.7 Å². The van der Waals surface area contributed by atoms with Crippen LogP contribution in [0.4, 0.5) is 5.69 Å². The fourth-order valence-electron chi connectivity index (χ4n) is 3.25. The molecule has 0 saturated carbocycles. The van der Waals surface area contributed by atoms with Gasteiger partial charge < -0.3 is 14.6 Å². The zero-order valence-corrected chi connectivity index (χ0v) is 16.7. The first kappa shape index (κ1) is 20.4. The highest BCUT2D eigenvalue weighted by Crippen LogP contribution is 2.15. The lowest BCUT2D eigenvalue weighted by atomic mass is 10.1. The molecule has 152 valence electrons. The van der Waals surface area contributed by atoms with Gasteiger partial charge in [-0.25, -0.2) is 4.79 Å². The Hall–Kier alpha value is -3.35. The average Bonchev–Trinajstić information content (AvgIpc) is 3.03. The summed E-state index contributed by atoms with van der Waals surface area (Å²) in [6.45, 7) is 2.38. The Labute approximate surface area is 168 Å². The summed E-state index contributed by atoms with van der Waals surface area (Å²) in [7, 11) is 1.60. The lowest BCUT2D eigenvalue weighted by molar-refractivity contribution is -0.133. The normalized spacial score (nSPS) is 10.8. The van der Waals surface area contributed by atoms with Crippen molar-refractivity contribution in [1.29, 1.82) is 0 Å².